The minimum atomic E-state index is -0.543. The maximum absolute atomic E-state index is 13.8. The van der Waals surface area contributed by atoms with Crippen molar-refractivity contribution in [2.24, 2.45) is 0 Å². The van der Waals surface area contributed by atoms with Gasteiger partial charge in [0.15, 0.2) is 0 Å². The fourth-order valence-electron chi connectivity index (χ4n) is 6.99. The maximum atomic E-state index is 13.8. The van der Waals surface area contributed by atoms with Gasteiger partial charge in [-0.25, -0.2) is 39.1 Å². The Morgan fingerprint density at radius 3 is 1.86 bits per heavy atom. The van der Waals surface area contributed by atoms with Crippen molar-refractivity contribution in [3.63, 3.8) is 0 Å². The molecule has 0 aliphatic carbocycles. The quantitative estimate of drug-likeness (QED) is 0.0898. The third kappa shape index (κ3) is 10.8. The zero-order valence-electron chi connectivity index (χ0n) is 35.7. The van der Waals surface area contributed by atoms with Gasteiger partial charge in [-0.2, -0.15) is 0 Å². The van der Waals surface area contributed by atoms with Crippen LogP contribution in [0.4, 0.5) is 21.8 Å². The van der Waals surface area contributed by atoms with Crippen LogP contribution in [0.3, 0.4) is 0 Å². The van der Waals surface area contributed by atoms with Crippen LogP contribution >= 0.6 is 11.6 Å². The van der Waals surface area contributed by atoms with Crippen molar-refractivity contribution in [3.8, 4) is 11.5 Å². The average Bonchev–Trinajstić information content (AvgIpc) is 3.28. The fourth-order valence-corrected chi connectivity index (χ4v) is 7.26. The lowest BCUT2D eigenvalue weighted by Gasteiger charge is -2.09. The number of methoxy groups -OCH3 is 1. The number of aromatic hydroxyl groups is 2. The van der Waals surface area contributed by atoms with Crippen LogP contribution in [0.25, 0.3) is 32.7 Å². The summed E-state index contributed by atoms with van der Waals surface area (Å²) in [6.45, 7) is 4.34. The van der Waals surface area contributed by atoms with Crippen molar-refractivity contribution in [1.29, 1.82) is 0 Å². The van der Waals surface area contributed by atoms with Crippen molar-refractivity contribution < 1.29 is 24.1 Å². The van der Waals surface area contributed by atoms with E-state index in [4.69, 9.17) is 28.8 Å². The van der Waals surface area contributed by atoms with Gasteiger partial charge in [-0.15, -0.1) is 0 Å². The van der Waals surface area contributed by atoms with Gasteiger partial charge < -0.3 is 32.2 Å². The third-order valence-electron chi connectivity index (χ3n) is 10.4. The summed E-state index contributed by atoms with van der Waals surface area (Å²) < 4.78 is 18.4. The Morgan fingerprint density at radius 1 is 0.615 bits per heavy atom. The molecule has 0 fully saturated rings. The normalized spacial score (nSPS) is 10.9. The molecule has 9 rings (SSSR count). The van der Waals surface area contributed by atoms with Gasteiger partial charge in [0.25, 0.3) is 0 Å². The first-order chi connectivity index (χ1) is 31.3. The predicted molar refractivity (Wildman–Crippen MR) is 253 cm³/mol. The van der Waals surface area contributed by atoms with Crippen LogP contribution in [-0.4, -0.2) is 53.2 Å². The molecule has 0 bridgehead atoms. The van der Waals surface area contributed by atoms with Gasteiger partial charge in [-0.3, -0.25) is 0 Å². The molecule has 0 amide bonds. The summed E-state index contributed by atoms with van der Waals surface area (Å²) in [5, 5.41) is 22.2. The van der Waals surface area contributed by atoms with Crippen LogP contribution < -0.4 is 17.2 Å². The number of aromatic nitrogens is 6. The zero-order valence-corrected chi connectivity index (χ0v) is 36.5. The lowest BCUT2D eigenvalue weighted by atomic mass is 10.0. The molecule has 0 aliphatic rings. The summed E-state index contributed by atoms with van der Waals surface area (Å²) in [4.78, 5) is 37.6. The highest BCUT2D eigenvalue weighted by Crippen LogP contribution is 2.29. The number of anilines is 3. The van der Waals surface area contributed by atoms with Crippen LogP contribution in [0.2, 0.25) is 5.02 Å². The number of phenolic OH excluding ortho intramolecular Hbond substituents is 2. The van der Waals surface area contributed by atoms with Crippen LogP contribution in [0.1, 0.15) is 69.9 Å². The summed E-state index contributed by atoms with van der Waals surface area (Å²) in [5.41, 5.74) is 23.9. The first kappa shape index (κ1) is 45.1. The molecule has 0 saturated carbocycles. The number of nitrogens with zero attached hydrogens (tertiary/aromatic N) is 6. The monoisotopic (exact) mass is 889 g/mol. The molecular weight excluding hydrogens is 845 g/mol. The molecule has 6 aromatic carbocycles. The topological polar surface area (TPSA) is 222 Å². The van der Waals surface area contributed by atoms with E-state index >= 15 is 0 Å². The number of esters is 1. The highest BCUT2D eigenvalue weighted by Gasteiger charge is 2.15. The van der Waals surface area contributed by atoms with E-state index in [0.717, 1.165) is 22.3 Å². The molecule has 15 heteroatoms. The Bertz CT molecular complexity index is 3170. The summed E-state index contributed by atoms with van der Waals surface area (Å²) in [6, 6.07) is 37.9. The van der Waals surface area contributed by atoms with E-state index in [1.807, 2.05) is 48.5 Å². The van der Waals surface area contributed by atoms with Gasteiger partial charge >= 0.3 is 5.97 Å². The van der Waals surface area contributed by atoms with Gasteiger partial charge in [0, 0.05) is 35.8 Å². The van der Waals surface area contributed by atoms with Crippen molar-refractivity contribution in [1.82, 2.24) is 29.9 Å². The summed E-state index contributed by atoms with van der Waals surface area (Å²) in [5.74, 6) is 2.20. The van der Waals surface area contributed by atoms with Crippen LogP contribution in [0, 0.1) is 5.82 Å². The Hall–Kier alpha value is -7.97. The Kier molecular flexibility index (Phi) is 13.9. The minimum Gasteiger partial charge on any atom is -0.508 e. The SMILES string of the molecule is CC(C)c1ccc2nc(Cc3ccccc3)nc(N)c2c1.COC(=O)c1ccc(Cc2nc(N)c3c(F)cccc3n2)c(O)c1.Nc1nc(Cc2ccccc2O)nc2cccc(Cl)c12. The Balaban J connectivity index is 0.000000146. The van der Waals surface area contributed by atoms with Crippen LogP contribution in [0.5, 0.6) is 11.5 Å². The number of nitrogens with two attached hydrogens (primary N) is 3. The van der Waals surface area contributed by atoms with Gasteiger partial charge in [0.1, 0.15) is 52.2 Å². The molecule has 13 nitrogen and oxygen atoms in total. The minimum absolute atomic E-state index is 0.0405. The number of para-hydroxylation sites is 1. The molecule has 8 N–H and O–H groups in total. The molecule has 0 aliphatic heterocycles. The molecule has 3 heterocycles. The van der Waals surface area contributed by atoms with Crippen LogP contribution in [-0.2, 0) is 24.0 Å². The number of hydrogen-bond acceptors (Lipinski definition) is 13. The van der Waals surface area contributed by atoms with Gasteiger partial charge in [0.05, 0.1) is 45.0 Å². The number of halogens is 2. The number of phenols is 2. The molecule has 0 saturated heterocycles. The number of carbonyl (C=O) groups excluding carboxylic acids is 1. The maximum Gasteiger partial charge on any atom is 0.337 e. The second-order valence-corrected chi connectivity index (χ2v) is 15.7. The smallest absolute Gasteiger partial charge is 0.337 e. The molecule has 0 radical (unpaired) electrons. The third-order valence-corrected chi connectivity index (χ3v) is 10.7. The van der Waals surface area contributed by atoms with Gasteiger partial charge in [-0.1, -0.05) is 98.2 Å². The average molecular weight is 890 g/mol. The standard InChI is InChI=1S/C18H19N3.C17H14FN3O3.C15H12ClN3O/c1-12(2)14-8-9-16-15(11-14)18(19)21-17(20-16)10-13-6-4-3-5-7-13;1-24-17(23)10-6-5-9(13(22)7-10)8-14-20-12-4-2-3-11(18)15(12)16(19)21-14;16-10-5-3-6-11-14(10)15(17)19-13(18-11)8-9-4-1-2-7-12(9)20/h3-9,11-12H,10H2,1-2H3,(H2,19,20,21);2-7,22H,8H2,1H3,(H2,19,20,21);1-7,20H,8H2,(H2,17,18,19). The molecule has 65 heavy (non-hydrogen) atoms. The molecule has 0 atom stereocenters. The fraction of sp³-hybridized carbons (Fsp3) is 0.140. The second-order valence-electron chi connectivity index (χ2n) is 15.3. The van der Waals surface area contributed by atoms with Crippen molar-refractivity contribution in [2.45, 2.75) is 39.0 Å². The number of nitrogen functional groups attached to an aromatic ring is 3. The van der Waals surface area contributed by atoms with Crippen LogP contribution in [0.15, 0.2) is 127 Å². The lowest BCUT2D eigenvalue weighted by Crippen LogP contribution is -2.04. The van der Waals surface area contributed by atoms with Crippen molar-refractivity contribution in [2.75, 3.05) is 24.3 Å². The molecule has 3 aromatic heterocycles. The number of carbonyl (C=O) groups is 1. The molecular formula is C50H45ClFN9O4. The lowest BCUT2D eigenvalue weighted by molar-refractivity contribution is 0.0600. The van der Waals surface area contributed by atoms with E-state index in [9.17, 15) is 19.4 Å². The number of fused-ring (bicyclic) bond motifs is 3. The van der Waals surface area contributed by atoms with E-state index in [2.05, 4.69) is 72.8 Å². The van der Waals surface area contributed by atoms with E-state index < -0.39 is 11.8 Å². The predicted octanol–water partition coefficient (Wildman–Crippen LogP) is 9.52. The van der Waals surface area contributed by atoms with E-state index in [-0.39, 0.29) is 34.7 Å². The second kappa shape index (κ2) is 20.0. The summed E-state index contributed by atoms with van der Waals surface area (Å²) in [6.07, 6.45) is 1.30. The Morgan fingerprint density at radius 2 is 1.20 bits per heavy atom. The first-order valence-corrected chi connectivity index (χ1v) is 20.8. The van der Waals surface area contributed by atoms with Crippen molar-refractivity contribution in [3.05, 3.63) is 184 Å². The van der Waals surface area contributed by atoms with Crippen molar-refractivity contribution >= 4 is 67.7 Å². The number of hydrogen-bond donors (Lipinski definition) is 5. The number of benzene rings is 6. The number of rotatable bonds is 8. The first-order valence-electron chi connectivity index (χ1n) is 20.5. The molecule has 9 aromatic rings. The molecule has 328 valence electrons. The highest BCUT2D eigenvalue weighted by atomic mass is 35.5. The molecule has 0 unspecified atom stereocenters. The summed E-state index contributed by atoms with van der Waals surface area (Å²) >= 11 is 6.10. The zero-order chi connectivity index (χ0) is 46.2. The highest BCUT2D eigenvalue weighted by molar-refractivity contribution is 6.36. The molecule has 0 spiro atoms. The van der Waals surface area contributed by atoms with E-state index in [0.29, 0.717) is 69.0 Å². The Labute approximate surface area is 378 Å². The van der Waals surface area contributed by atoms with E-state index in [1.54, 1.807) is 30.3 Å². The largest absolute Gasteiger partial charge is 0.508 e. The van der Waals surface area contributed by atoms with Gasteiger partial charge in [-0.05, 0) is 71.6 Å². The van der Waals surface area contributed by atoms with E-state index in [1.165, 1.54) is 42.5 Å². The number of ether oxygens (including phenoxy) is 1. The van der Waals surface area contributed by atoms with Gasteiger partial charge in [0.2, 0.25) is 0 Å². The summed E-state index contributed by atoms with van der Waals surface area (Å²) in [7, 11) is 1.26.